The number of hydrogen-bond acceptors (Lipinski definition) is 4. The Bertz CT molecular complexity index is 618. The molecule has 2 heterocycles. The van der Waals surface area contributed by atoms with Crippen molar-refractivity contribution >= 4 is 23.7 Å². The molecule has 1 atom stereocenters. The lowest BCUT2D eigenvalue weighted by molar-refractivity contribution is -0.128. The second-order valence-electron chi connectivity index (χ2n) is 5.65. The van der Waals surface area contributed by atoms with Gasteiger partial charge < -0.3 is 15.5 Å². The van der Waals surface area contributed by atoms with Crippen LogP contribution in [0.3, 0.4) is 0 Å². The van der Waals surface area contributed by atoms with Gasteiger partial charge in [-0.2, -0.15) is 11.8 Å². The average Bonchev–Trinajstić information content (AvgIpc) is 2.57. The molecule has 24 heavy (non-hydrogen) atoms. The lowest BCUT2D eigenvalue weighted by Gasteiger charge is -2.31. The predicted molar refractivity (Wildman–Crippen MR) is 96.5 cm³/mol. The first kappa shape index (κ1) is 18.3. The zero-order valence-corrected chi connectivity index (χ0v) is 15.2. The summed E-state index contributed by atoms with van der Waals surface area (Å²) >= 11 is 1.70. The molecule has 2 N–H and O–H groups in total. The Balaban J connectivity index is 2.22. The van der Waals surface area contributed by atoms with E-state index in [1.54, 1.807) is 36.0 Å². The largest absolute Gasteiger partial charge is 0.335 e. The molecule has 1 aromatic heterocycles. The van der Waals surface area contributed by atoms with Crippen LogP contribution in [-0.4, -0.2) is 46.4 Å². The molecule has 3 amide bonds. The van der Waals surface area contributed by atoms with Gasteiger partial charge in [0.2, 0.25) is 0 Å². The smallest absolute Gasteiger partial charge is 0.319 e. The monoisotopic (exact) mass is 348 g/mol. The average molecular weight is 348 g/mol. The van der Waals surface area contributed by atoms with Gasteiger partial charge in [-0.05, 0) is 50.0 Å². The molecular weight excluding hydrogens is 324 g/mol. The zero-order valence-electron chi connectivity index (χ0n) is 14.3. The van der Waals surface area contributed by atoms with Crippen LogP contribution < -0.4 is 10.6 Å². The summed E-state index contributed by atoms with van der Waals surface area (Å²) in [5.74, 6) is 0.844. The highest BCUT2D eigenvalue weighted by atomic mass is 32.2. The van der Waals surface area contributed by atoms with Crippen LogP contribution in [0.5, 0.6) is 0 Å². The van der Waals surface area contributed by atoms with Gasteiger partial charge in [0.1, 0.15) is 0 Å². The minimum atomic E-state index is -0.245. The number of carbonyl (C=O) groups excluding carboxylic acids is 2. The summed E-state index contributed by atoms with van der Waals surface area (Å²) < 4.78 is 0. The number of rotatable bonds is 7. The number of nitrogens with zero attached hydrogens (tertiary/aromatic N) is 2. The van der Waals surface area contributed by atoms with Crippen molar-refractivity contribution in [2.75, 3.05) is 18.6 Å². The zero-order chi connectivity index (χ0) is 17.5. The summed E-state index contributed by atoms with van der Waals surface area (Å²) in [5.41, 5.74) is 2.33. The number of likely N-dealkylation sites (N-methyl/N-ethyl adjacent to an activating group) is 1. The first-order chi connectivity index (χ1) is 11.6. The van der Waals surface area contributed by atoms with E-state index < -0.39 is 0 Å². The van der Waals surface area contributed by atoms with Gasteiger partial charge in [-0.15, -0.1) is 0 Å². The van der Waals surface area contributed by atoms with Crippen molar-refractivity contribution in [3.63, 3.8) is 0 Å². The molecule has 0 saturated heterocycles. The van der Waals surface area contributed by atoms with Crippen molar-refractivity contribution < 1.29 is 9.59 Å². The molecule has 0 radical (unpaired) electrons. The van der Waals surface area contributed by atoms with Crippen LogP contribution in [0.4, 0.5) is 4.79 Å². The molecule has 130 valence electrons. The van der Waals surface area contributed by atoms with E-state index >= 15 is 0 Å². The lowest BCUT2D eigenvalue weighted by Crippen LogP contribution is -2.52. The van der Waals surface area contributed by atoms with Crippen molar-refractivity contribution in [1.29, 1.82) is 0 Å². The van der Waals surface area contributed by atoms with Gasteiger partial charge >= 0.3 is 6.03 Å². The summed E-state index contributed by atoms with van der Waals surface area (Å²) in [6.45, 7) is 4.87. The fourth-order valence-electron chi connectivity index (χ4n) is 2.73. The van der Waals surface area contributed by atoms with Crippen LogP contribution in [0.2, 0.25) is 0 Å². The number of pyridine rings is 1. The number of carbonyl (C=O) groups is 2. The summed E-state index contributed by atoms with van der Waals surface area (Å²) in [4.78, 5) is 30.6. The van der Waals surface area contributed by atoms with E-state index in [0.717, 1.165) is 17.7 Å². The summed E-state index contributed by atoms with van der Waals surface area (Å²) in [7, 11) is 0. The van der Waals surface area contributed by atoms with E-state index in [1.807, 2.05) is 25.3 Å². The van der Waals surface area contributed by atoms with Gasteiger partial charge in [-0.25, -0.2) is 4.79 Å². The molecule has 0 aromatic carbocycles. The molecule has 7 heteroatoms. The van der Waals surface area contributed by atoms with Crippen molar-refractivity contribution in [3.8, 4) is 0 Å². The van der Waals surface area contributed by atoms with Gasteiger partial charge in [0.15, 0.2) is 0 Å². The van der Waals surface area contributed by atoms with E-state index in [-0.39, 0.29) is 18.0 Å². The first-order valence-electron chi connectivity index (χ1n) is 8.02. The fraction of sp³-hybridized carbons (Fsp3) is 0.471. The lowest BCUT2D eigenvalue weighted by atomic mass is 9.99. The maximum atomic E-state index is 13.1. The van der Waals surface area contributed by atoms with Crippen LogP contribution >= 0.6 is 11.8 Å². The van der Waals surface area contributed by atoms with E-state index in [2.05, 4.69) is 15.6 Å². The molecule has 0 fully saturated rings. The number of hydrogen-bond donors (Lipinski definition) is 2. The standard InChI is InChI=1S/C17H24N4O2S/c1-4-21(11-13-5-8-18-9-6-13)16(22)15-12(2)19-17(23)20-14(15)7-10-24-3/h5-6,8-9,14H,4,7,10-11H2,1-3H3,(H2,19,20,23)/t14-/m0/s1. The Morgan fingerprint density at radius 1 is 1.38 bits per heavy atom. The van der Waals surface area contributed by atoms with Gasteiger partial charge in [0.05, 0.1) is 11.6 Å². The summed E-state index contributed by atoms with van der Waals surface area (Å²) in [6.07, 6.45) is 6.20. The van der Waals surface area contributed by atoms with E-state index in [1.165, 1.54) is 0 Å². The SMILES string of the molecule is CCN(Cc1ccncc1)C(=O)C1=C(C)NC(=O)N[C@H]1CCSC. The molecule has 1 aliphatic rings. The Morgan fingerprint density at radius 3 is 2.71 bits per heavy atom. The van der Waals surface area contributed by atoms with E-state index in [9.17, 15) is 9.59 Å². The maximum absolute atomic E-state index is 13.1. The van der Waals surface area contributed by atoms with Crippen molar-refractivity contribution in [3.05, 3.63) is 41.4 Å². The van der Waals surface area contributed by atoms with Crippen LogP contribution in [0.1, 0.15) is 25.8 Å². The quantitative estimate of drug-likeness (QED) is 0.792. The number of thioether (sulfide) groups is 1. The second kappa shape index (κ2) is 8.73. The minimum absolute atomic E-state index is 0.0367. The van der Waals surface area contributed by atoms with Gasteiger partial charge in [-0.3, -0.25) is 9.78 Å². The molecule has 0 bridgehead atoms. The Labute approximate surface area is 147 Å². The van der Waals surface area contributed by atoms with Crippen LogP contribution in [0.15, 0.2) is 35.8 Å². The number of amides is 3. The van der Waals surface area contributed by atoms with Crippen LogP contribution in [-0.2, 0) is 11.3 Å². The fourth-order valence-corrected chi connectivity index (χ4v) is 3.20. The number of allylic oxidation sites excluding steroid dienone is 1. The van der Waals surface area contributed by atoms with Gasteiger partial charge in [0, 0.05) is 31.2 Å². The number of urea groups is 1. The highest BCUT2D eigenvalue weighted by Gasteiger charge is 2.31. The molecule has 0 aliphatic carbocycles. The predicted octanol–water partition coefficient (Wildman–Crippen LogP) is 2.14. The van der Waals surface area contributed by atoms with E-state index in [4.69, 9.17) is 0 Å². The molecule has 1 aliphatic heterocycles. The number of nitrogens with one attached hydrogen (secondary N) is 2. The molecule has 6 nitrogen and oxygen atoms in total. The molecule has 0 spiro atoms. The molecular formula is C17H24N4O2S. The Morgan fingerprint density at radius 2 is 2.08 bits per heavy atom. The van der Waals surface area contributed by atoms with Crippen LogP contribution in [0, 0.1) is 0 Å². The third-order valence-electron chi connectivity index (χ3n) is 3.99. The van der Waals surface area contributed by atoms with Gasteiger partial charge in [-0.1, -0.05) is 0 Å². The maximum Gasteiger partial charge on any atom is 0.319 e. The normalized spacial score (nSPS) is 17.3. The summed E-state index contributed by atoms with van der Waals surface area (Å²) in [6, 6.07) is 3.32. The van der Waals surface area contributed by atoms with Crippen molar-refractivity contribution in [1.82, 2.24) is 20.5 Å². The van der Waals surface area contributed by atoms with Gasteiger partial charge in [0.25, 0.3) is 5.91 Å². The molecule has 2 rings (SSSR count). The Kier molecular flexibility index (Phi) is 6.66. The summed E-state index contributed by atoms with van der Waals surface area (Å²) in [5, 5.41) is 5.60. The minimum Gasteiger partial charge on any atom is -0.335 e. The third-order valence-corrected chi connectivity index (χ3v) is 4.64. The molecule has 1 aromatic rings. The third kappa shape index (κ3) is 4.50. The van der Waals surface area contributed by atoms with E-state index in [0.29, 0.717) is 24.4 Å². The second-order valence-corrected chi connectivity index (χ2v) is 6.63. The highest BCUT2D eigenvalue weighted by Crippen LogP contribution is 2.20. The first-order valence-corrected chi connectivity index (χ1v) is 9.41. The molecule has 0 saturated carbocycles. The molecule has 0 unspecified atom stereocenters. The number of aromatic nitrogens is 1. The van der Waals surface area contributed by atoms with Crippen LogP contribution in [0.25, 0.3) is 0 Å². The Hall–Kier alpha value is -2.02. The topological polar surface area (TPSA) is 74.3 Å². The van der Waals surface area contributed by atoms with Crippen molar-refractivity contribution in [2.45, 2.75) is 32.9 Å². The van der Waals surface area contributed by atoms with Crippen molar-refractivity contribution in [2.24, 2.45) is 0 Å². The highest BCUT2D eigenvalue weighted by molar-refractivity contribution is 7.98.